The highest BCUT2D eigenvalue weighted by Crippen LogP contribution is 2.61. The number of amides is 2. The number of ether oxygens (including phenoxy) is 4. The Labute approximate surface area is 140 Å². The summed E-state index contributed by atoms with van der Waals surface area (Å²) >= 11 is 0. The Morgan fingerprint density at radius 1 is 1.38 bits per heavy atom. The number of nitrogens with zero attached hydrogens (tertiary/aromatic N) is 1. The molecule has 132 valence electrons. The molecule has 8 nitrogen and oxygen atoms in total. The minimum Gasteiger partial charge on any atom is -0.461 e. The summed E-state index contributed by atoms with van der Waals surface area (Å²) in [5.41, 5.74) is 0.254. The molecule has 1 N–H and O–H groups in total. The number of carbonyl (C=O) groups is 2. The summed E-state index contributed by atoms with van der Waals surface area (Å²) in [4.78, 5) is 26.3. The molecule has 4 aliphatic rings. The molecule has 3 aliphatic heterocycles. The van der Waals surface area contributed by atoms with Gasteiger partial charge in [-0.05, 0) is 13.3 Å². The molecule has 8 heteroatoms. The minimum absolute atomic E-state index is 0.0170. The van der Waals surface area contributed by atoms with Gasteiger partial charge < -0.3 is 29.2 Å². The van der Waals surface area contributed by atoms with Crippen molar-refractivity contribution in [3.8, 4) is 0 Å². The first kappa shape index (κ1) is 15.7. The third-order valence-electron chi connectivity index (χ3n) is 5.54. The van der Waals surface area contributed by atoms with Crippen molar-refractivity contribution in [2.75, 3.05) is 33.4 Å². The first-order valence-corrected chi connectivity index (χ1v) is 8.33. The first-order chi connectivity index (χ1) is 11.5. The normalized spacial score (nSPS) is 39.9. The van der Waals surface area contributed by atoms with E-state index in [1.54, 1.807) is 4.90 Å². The van der Waals surface area contributed by atoms with Gasteiger partial charge in [0.05, 0.1) is 37.1 Å². The zero-order valence-corrected chi connectivity index (χ0v) is 13.8. The van der Waals surface area contributed by atoms with Crippen molar-refractivity contribution >= 4 is 12.0 Å². The Bertz CT molecular complexity index is 587. The number of hydrogen-bond donors (Lipinski definition) is 1. The quantitative estimate of drug-likeness (QED) is 0.725. The lowest BCUT2D eigenvalue weighted by Crippen LogP contribution is -2.48. The molecule has 1 aliphatic carbocycles. The van der Waals surface area contributed by atoms with Crippen LogP contribution >= 0.6 is 0 Å². The van der Waals surface area contributed by atoms with E-state index in [1.807, 2.05) is 6.92 Å². The second-order valence-electron chi connectivity index (χ2n) is 6.80. The van der Waals surface area contributed by atoms with Crippen LogP contribution in [0.5, 0.6) is 0 Å². The molecule has 0 bridgehead atoms. The van der Waals surface area contributed by atoms with Gasteiger partial charge in [-0.25, -0.2) is 4.79 Å². The molecular formula is C16H22N2O6. The monoisotopic (exact) mass is 338 g/mol. The minimum atomic E-state index is -0.742. The molecule has 0 aromatic rings. The van der Waals surface area contributed by atoms with E-state index in [4.69, 9.17) is 18.9 Å². The van der Waals surface area contributed by atoms with E-state index in [1.165, 1.54) is 13.3 Å². The molecule has 5 atom stereocenters. The Kier molecular flexibility index (Phi) is 3.69. The molecule has 1 saturated carbocycles. The van der Waals surface area contributed by atoms with Crippen LogP contribution in [-0.4, -0.2) is 68.2 Å². The topological polar surface area (TPSA) is 89.6 Å². The van der Waals surface area contributed by atoms with Crippen LogP contribution in [0, 0.1) is 11.8 Å². The van der Waals surface area contributed by atoms with E-state index in [0.29, 0.717) is 31.9 Å². The third-order valence-corrected chi connectivity index (χ3v) is 5.54. The van der Waals surface area contributed by atoms with Gasteiger partial charge in [0, 0.05) is 26.1 Å². The fourth-order valence-corrected chi connectivity index (χ4v) is 4.14. The highest BCUT2D eigenvalue weighted by atomic mass is 16.7. The Balaban J connectivity index is 1.56. The summed E-state index contributed by atoms with van der Waals surface area (Å²) in [7, 11) is 1.50. The van der Waals surface area contributed by atoms with Gasteiger partial charge in [-0.1, -0.05) is 0 Å². The van der Waals surface area contributed by atoms with Crippen molar-refractivity contribution in [2.45, 2.75) is 31.3 Å². The molecule has 0 aromatic heterocycles. The number of alkyl carbamates (subject to hydrolysis) is 1. The van der Waals surface area contributed by atoms with Crippen LogP contribution in [0.3, 0.4) is 0 Å². The van der Waals surface area contributed by atoms with Gasteiger partial charge in [0.15, 0.2) is 0 Å². The number of epoxide rings is 1. The standard InChI is InChI=1S/C16H22N2O6/c1-16-11(24-16)7-9-10(13(19)18-3-5-21-6-4-18)8-22-14(12(9)16)23-15(20)17-2/h8-9,11-12,14H,3-7H2,1-2H3,(H,17,20)/t9-,11+,12-,14+,16+/m1/s1. The molecule has 2 amide bonds. The van der Waals surface area contributed by atoms with Crippen LogP contribution in [0.25, 0.3) is 0 Å². The largest absolute Gasteiger partial charge is 0.461 e. The van der Waals surface area contributed by atoms with Crippen LogP contribution in [0.2, 0.25) is 0 Å². The number of fused-ring (bicyclic) bond motifs is 3. The Hall–Kier alpha value is -1.80. The van der Waals surface area contributed by atoms with E-state index in [9.17, 15) is 9.59 Å². The van der Waals surface area contributed by atoms with E-state index < -0.39 is 18.0 Å². The molecule has 3 heterocycles. The van der Waals surface area contributed by atoms with Crippen molar-refractivity contribution in [1.29, 1.82) is 0 Å². The number of rotatable bonds is 2. The predicted molar refractivity (Wildman–Crippen MR) is 80.8 cm³/mol. The van der Waals surface area contributed by atoms with Crippen molar-refractivity contribution in [2.24, 2.45) is 11.8 Å². The highest BCUT2D eigenvalue weighted by Gasteiger charge is 2.71. The molecule has 3 fully saturated rings. The van der Waals surface area contributed by atoms with E-state index in [0.717, 1.165) is 6.42 Å². The second-order valence-corrected chi connectivity index (χ2v) is 6.80. The van der Waals surface area contributed by atoms with E-state index in [2.05, 4.69) is 5.32 Å². The average molecular weight is 338 g/mol. The summed E-state index contributed by atoms with van der Waals surface area (Å²) in [6.45, 7) is 4.28. The SMILES string of the molecule is CNC(=O)O[C@@H]1OC=C(C(=O)N2CCOCC2)[C@H]2C[C@@H]3O[C@]3(C)[C@@H]12. The molecule has 24 heavy (non-hydrogen) atoms. The summed E-state index contributed by atoms with van der Waals surface area (Å²) in [5.74, 6) is -0.214. The van der Waals surface area contributed by atoms with E-state index >= 15 is 0 Å². The highest BCUT2D eigenvalue weighted by molar-refractivity contribution is 5.94. The lowest BCUT2D eigenvalue weighted by molar-refractivity contribution is -0.147. The molecule has 4 rings (SSSR count). The van der Waals surface area contributed by atoms with Gasteiger partial charge >= 0.3 is 6.09 Å². The molecule has 0 radical (unpaired) electrons. The summed E-state index contributed by atoms with van der Waals surface area (Å²) in [5, 5.41) is 2.43. The smallest absolute Gasteiger partial charge is 0.409 e. The van der Waals surface area contributed by atoms with Crippen LogP contribution in [0.1, 0.15) is 13.3 Å². The van der Waals surface area contributed by atoms with Crippen LogP contribution in [-0.2, 0) is 23.7 Å². The molecular weight excluding hydrogens is 316 g/mol. The van der Waals surface area contributed by atoms with Crippen LogP contribution in [0.15, 0.2) is 11.8 Å². The first-order valence-electron chi connectivity index (χ1n) is 8.33. The van der Waals surface area contributed by atoms with Gasteiger partial charge in [0.1, 0.15) is 5.60 Å². The fourth-order valence-electron chi connectivity index (χ4n) is 4.14. The molecule has 2 saturated heterocycles. The zero-order valence-electron chi connectivity index (χ0n) is 13.8. The lowest BCUT2D eigenvalue weighted by Gasteiger charge is -2.38. The summed E-state index contributed by atoms with van der Waals surface area (Å²) < 4.78 is 22.1. The number of hydrogen-bond acceptors (Lipinski definition) is 6. The molecule has 0 spiro atoms. The van der Waals surface area contributed by atoms with Crippen LogP contribution in [0.4, 0.5) is 4.79 Å². The number of nitrogens with one attached hydrogen (secondary N) is 1. The maximum atomic E-state index is 12.9. The van der Waals surface area contributed by atoms with Crippen molar-refractivity contribution in [3.63, 3.8) is 0 Å². The second kappa shape index (κ2) is 5.63. The molecule has 0 aromatic carbocycles. The van der Waals surface area contributed by atoms with Gasteiger partial charge in [-0.2, -0.15) is 0 Å². The van der Waals surface area contributed by atoms with E-state index in [-0.39, 0.29) is 23.8 Å². The maximum absolute atomic E-state index is 12.9. The third kappa shape index (κ3) is 2.36. The summed E-state index contributed by atoms with van der Waals surface area (Å²) in [6.07, 6.45) is 1.02. The Morgan fingerprint density at radius 3 is 2.83 bits per heavy atom. The zero-order chi connectivity index (χ0) is 16.9. The van der Waals surface area contributed by atoms with Crippen molar-refractivity contribution < 1.29 is 28.5 Å². The fraction of sp³-hybridized carbons (Fsp3) is 0.750. The molecule has 0 unspecified atom stereocenters. The van der Waals surface area contributed by atoms with Crippen molar-refractivity contribution in [3.05, 3.63) is 11.8 Å². The summed E-state index contributed by atoms with van der Waals surface area (Å²) in [6, 6.07) is 0. The maximum Gasteiger partial charge on any atom is 0.409 e. The number of morpholine rings is 1. The van der Waals surface area contributed by atoms with Gasteiger partial charge in [-0.3, -0.25) is 4.79 Å². The lowest BCUT2D eigenvalue weighted by atomic mass is 9.81. The predicted octanol–water partition coefficient (Wildman–Crippen LogP) is 0.235. The van der Waals surface area contributed by atoms with Gasteiger partial charge in [0.25, 0.3) is 12.2 Å². The number of carbonyl (C=O) groups excluding carboxylic acids is 2. The van der Waals surface area contributed by atoms with Gasteiger partial charge in [0.2, 0.25) is 0 Å². The van der Waals surface area contributed by atoms with Crippen molar-refractivity contribution in [1.82, 2.24) is 10.2 Å². The Morgan fingerprint density at radius 2 is 2.12 bits per heavy atom. The van der Waals surface area contributed by atoms with Crippen LogP contribution < -0.4 is 5.32 Å². The van der Waals surface area contributed by atoms with Gasteiger partial charge in [-0.15, -0.1) is 0 Å². The average Bonchev–Trinajstić information content (AvgIpc) is 3.16.